The summed E-state index contributed by atoms with van der Waals surface area (Å²) in [4.78, 5) is 4.71. The molecule has 168 valence electrons. The van der Waals surface area contributed by atoms with Crippen LogP contribution in [-0.4, -0.2) is 24.6 Å². The quantitative estimate of drug-likeness (QED) is 0.495. The molecule has 1 saturated carbocycles. The van der Waals surface area contributed by atoms with Gasteiger partial charge >= 0.3 is 0 Å². The maximum Gasteiger partial charge on any atom is 0.0447 e. The number of anilines is 2. The molecule has 4 heteroatoms. The summed E-state index contributed by atoms with van der Waals surface area (Å²) in [5.41, 5.74) is 8.10. The molecule has 0 saturated heterocycles. The Kier molecular flexibility index (Phi) is 5.07. The number of benzene rings is 2. The van der Waals surface area contributed by atoms with Gasteiger partial charge in [0, 0.05) is 70.0 Å². The average molecular weight is 463 g/mol. The highest BCUT2D eigenvalue weighted by Crippen LogP contribution is 2.53. The van der Waals surface area contributed by atoms with Gasteiger partial charge in [-0.25, -0.2) is 0 Å². The van der Waals surface area contributed by atoms with Crippen molar-refractivity contribution in [1.82, 2.24) is 0 Å². The molecule has 1 fully saturated rings. The fourth-order valence-electron chi connectivity index (χ4n) is 6.13. The van der Waals surface area contributed by atoms with Gasteiger partial charge in [-0.15, -0.1) is 0 Å². The standard InChI is InChI=1S/C28H34N2S2/c1-27(2)19-11-7-9-13-21(19)29(5)23(27)15-17-25(31)18(26(17)32)16-24-28(3,4)20-12-8-10-14-22(20)30(24)6/h7-18,25-26,31-32H,1-6H3/b23-15+,24-16+. The van der Waals surface area contributed by atoms with Gasteiger partial charge in [0.25, 0.3) is 0 Å². The normalized spacial score (nSPS) is 32.2. The Morgan fingerprint density at radius 1 is 0.656 bits per heavy atom. The molecule has 2 heterocycles. The van der Waals surface area contributed by atoms with Crippen LogP contribution in [0.25, 0.3) is 0 Å². The molecular formula is C28H34N2S2. The van der Waals surface area contributed by atoms with E-state index in [0.717, 1.165) is 0 Å². The lowest BCUT2D eigenvalue weighted by atomic mass is 9.70. The van der Waals surface area contributed by atoms with E-state index >= 15 is 0 Å². The fraction of sp³-hybridized carbons (Fsp3) is 0.429. The van der Waals surface area contributed by atoms with E-state index < -0.39 is 0 Å². The van der Waals surface area contributed by atoms with Crippen LogP contribution in [0.5, 0.6) is 0 Å². The molecule has 1 aliphatic carbocycles. The molecule has 2 aromatic carbocycles. The number of rotatable bonds is 2. The molecule has 0 unspecified atom stereocenters. The smallest absolute Gasteiger partial charge is 0.0447 e. The maximum atomic E-state index is 5.10. The van der Waals surface area contributed by atoms with E-state index in [2.05, 4.69) is 112 Å². The molecule has 2 nitrogen and oxygen atoms in total. The zero-order valence-electron chi connectivity index (χ0n) is 19.9. The molecular weight excluding hydrogens is 428 g/mol. The van der Waals surface area contributed by atoms with Crippen molar-refractivity contribution < 1.29 is 0 Å². The van der Waals surface area contributed by atoms with E-state index in [4.69, 9.17) is 25.3 Å². The first-order valence-corrected chi connectivity index (χ1v) is 12.6. The van der Waals surface area contributed by atoms with Gasteiger partial charge < -0.3 is 9.80 Å². The topological polar surface area (TPSA) is 6.48 Å². The lowest BCUT2D eigenvalue weighted by Crippen LogP contribution is -2.49. The highest BCUT2D eigenvalue weighted by molar-refractivity contribution is 7.82. The van der Waals surface area contributed by atoms with Gasteiger partial charge in [-0.2, -0.15) is 25.3 Å². The third kappa shape index (κ3) is 2.95. The summed E-state index contributed by atoms with van der Waals surface area (Å²) in [5, 5.41) is 0.525. The van der Waals surface area contributed by atoms with Crippen molar-refractivity contribution in [2.24, 2.45) is 11.8 Å². The van der Waals surface area contributed by atoms with Crippen LogP contribution in [0.4, 0.5) is 11.4 Å². The molecule has 0 bridgehead atoms. The second-order valence-corrected chi connectivity index (χ2v) is 11.8. The predicted molar refractivity (Wildman–Crippen MR) is 144 cm³/mol. The van der Waals surface area contributed by atoms with Crippen molar-refractivity contribution in [1.29, 1.82) is 0 Å². The summed E-state index contributed by atoms with van der Waals surface area (Å²) in [5.74, 6) is 0.679. The Bertz CT molecular complexity index is 1030. The van der Waals surface area contributed by atoms with Crippen LogP contribution in [-0.2, 0) is 10.8 Å². The largest absolute Gasteiger partial charge is 0.347 e. The van der Waals surface area contributed by atoms with Crippen molar-refractivity contribution in [3.05, 3.63) is 83.2 Å². The number of nitrogens with zero attached hydrogens (tertiary/aromatic N) is 2. The summed E-state index contributed by atoms with van der Waals surface area (Å²) in [6.07, 6.45) is 4.89. The minimum Gasteiger partial charge on any atom is -0.347 e. The van der Waals surface area contributed by atoms with Crippen LogP contribution < -0.4 is 9.80 Å². The Morgan fingerprint density at radius 2 is 1.00 bits per heavy atom. The first-order valence-electron chi connectivity index (χ1n) is 11.5. The van der Waals surface area contributed by atoms with Crippen molar-refractivity contribution >= 4 is 36.6 Å². The van der Waals surface area contributed by atoms with Gasteiger partial charge in [0.15, 0.2) is 0 Å². The van der Waals surface area contributed by atoms with Crippen LogP contribution >= 0.6 is 25.3 Å². The average Bonchev–Trinajstić information content (AvgIpc) is 3.09. The van der Waals surface area contributed by atoms with Crippen LogP contribution in [0, 0.1) is 11.8 Å². The summed E-state index contributed by atoms with van der Waals surface area (Å²) in [6, 6.07) is 17.5. The molecule has 5 rings (SSSR count). The second-order valence-electron chi connectivity index (χ2n) is 10.6. The van der Waals surface area contributed by atoms with Crippen LogP contribution in [0.15, 0.2) is 72.1 Å². The molecule has 32 heavy (non-hydrogen) atoms. The zero-order valence-corrected chi connectivity index (χ0v) is 21.7. The zero-order chi connectivity index (χ0) is 23.0. The fourth-order valence-corrected chi connectivity index (χ4v) is 7.49. The summed E-state index contributed by atoms with van der Waals surface area (Å²) < 4.78 is 0. The lowest BCUT2D eigenvalue weighted by Gasteiger charge is -2.47. The number of fused-ring (bicyclic) bond motifs is 2. The molecule has 0 amide bonds. The van der Waals surface area contributed by atoms with Crippen molar-refractivity contribution in [2.75, 3.05) is 23.9 Å². The summed E-state index contributed by atoms with van der Waals surface area (Å²) in [7, 11) is 4.37. The van der Waals surface area contributed by atoms with E-state index in [-0.39, 0.29) is 21.3 Å². The molecule has 0 radical (unpaired) electrons. The molecule has 0 spiro atoms. The molecule has 0 N–H and O–H groups in total. The Hall–Kier alpha value is -1.78. The van der Waals surface area contributed by atoms with E-state index in [1.54, 1.807) is 0 Å². The summed E-state index contributed by atoms with van der Waals surface area (Å²) in [6.45, 7) is 9.31. The maximum absolute atomic E-state index is 5.10. The Labute approximate surface area is 204 Å². The molecule has 2 aliphatic heterocycles. The lowest BCUT2D eigenvalue weighted by molar-refractivity contribution is 0.326. The summed E-state index contributed by atoms with van der Waals surface area (Å²) >= 11 is 10.2. The third-order valence-corrected chi connectivity index (χ3v) is 9.54. The van der Waals surface area contributed by atoms with Gasteiger partial charge in [-0.05, 0) is 23.3 Å². The van der Waals surface area contributed by atoms with Crippen molar-refractivity contribution in [2.45, 2.75) is 49.0 Å². The van der Waals surface area contributed by atoms with Gasteiger partial charge in [0.05, 0.1) is 0 Å². The van der Waals surface area contributed by atoms with E-state index in [0.29, 0.717) is 11.8 Å². The number of hydrogen-bond acceptors (Lipinski definition) is 4. The van der Waals surface area contributed by atoms with Gasteiger partial charge in [0.2, 0.25) is 0 Å². The van der Waals surface area contributed by atoms with E-state index in [1.807, 2.05) is 0 Å². The number of para-hydroxylation sites is 2. The van der Waals surface area contributed by atoms with E-state index in [1.165, 1.54) is 33.9 Å². The molecule has 3 aliphatic rings. The number of hydrogen-bond donors (Lipinski definition) is 2. The highest BCUT2D eigenvalue weighted by atomic mass is 32.1. The predicted octanol–water partition coefficient (Wildman–Crippen LogP) is 6.45. The SMILES string of the molecule is CN1/C(=C/C2C(S)C(/C=C3/N(C)c4ccccc4C3(C)C)C2S)C(C)(C)c2ccccc21. The number of likely N-dealkylation sites (N-methyl/N-ethyl adjacent to an activating group) is 2. The Balaban J connectivity index is 1.43. The first kappa shape index (κ1) is 22.0. The van der Waals surface area contributed by atoms with Gasteiger partial charge in [-0.3, -0.25) is 0 Å². The molecule has 2 aromatic rings. The van der Waals surface area contributed by atoms with Gasteiger partial charge in [0.1, 0.15) is 0 Å². The second kappa shape index (κ2) is 7.36. The molecule has 0 aromatic heterocycles. The van der Waals surface area contributed by atoms with Crippen LogP contribution in [0.1, 0.15) is 38.8 Å². The molecule has 0 atom stereocenters. The minimum absolute atomic E-state index is 0.00873. The minimum atomic E-state index is -0.00873. The first-order chi connectivity index (χ1) is 15.1. The Morgan fingerprint density at radius 3 is 1.34 bits per heavy atom. The van der Waals surface area contributed by atoms with Crippen molar-refractivity contribution in [3.8, 4) is 0 Å². The third-order valence-electron chi connectivity index (χ3n) is 8.16. The highest BCUT2D eigenvalue weighted by Gasteiger charge is 2.49. The monoisotopic (exact) mass is 462 g/mol. The van der Waals surface area contributed by atoms with Crippen LogP contribution in [0.2, 0.25) is 0 Å². The van der Waals surface area contributed by atoms with E-state index in [9.17, 15) is 0 Å². The number of thiol groups is 2. The van der Waals surface area contributed by atoms with Gasteiger partial charge in [-0.1, -0.05) is 76.2 Å². The van der Waals surface area contributed by atoms with Crippen LogP contribution in [0.3, 0.4) is 0 Å². The number of allylic oxidation sites excluding steroid dienone is 4. The van der Waals surface area contributed by atoms with Crippen molar-refractivity contribution in [3.63, 3.8) is 0 Å².